The lowest BCUT2D eigenvalue weighted by Gasteiger charge is -2.32. The zero-order valence-corrected chi connectivity index (χ0v) is 20.9. The van der Waals surface area contributed by atoms with Crippen molar-refractivity contribution < 1.29 is 19.0 Å². The van der Waals surface area contributed by atoms with Gasteiger partial charge in [-0.2, -0.15) is 0 Å². The van der Waals surface area contributed by atoms with Gasteiger partial charge in [0.1, 0.15) is 5.75 Å². The molecule has 0 radical (unpaired) electrons. The molecule has 2 aliphatic rings. The molecule has 1 heterocycles. The van der Waals surface area contributed by atoms with E-state index in [0.717, 1.165) is 30.9 Å². The van der Waals surface area contributed by atoms with Gasteiger partial charge in [-0.15, -0.1) is 0 Å². The molecule has 6 heteroatoms. The summed E-state index contributed by atoms with van der Waals surface area (Å²) in [4.78, 5) is 15.7. The van der Waals surface area contributed by atoms with Gasteiger partial charge in [-0.3, -0.25) is 4.79 Å². The van der Waals surface area contributed by atoms with Gasteiger partial charge in [-0.05, 0) is 61.3 Å². The molecule has 0 bridgehead atoms. The van der Waals surface area contributed by atoms with Crippen LogP contribution in [0, 0.1) is 11.3 Å². The van der Waals surface area contributed by atoms with Gasteiger partial charge in [0.2, 0.25) is 0 Å². The third-order valence-electron chi connectivity index (χ3n) is 7.50. The van der Waals surface area contributed by atoms with Crippen LogP contribution in [0.1, 0.15) is 47.7 Å². The number of hydrogen-bond acceptors (Lipinski definition) is 5. The molecule has 0 aromatic heterocycles. The summed E-state index contributed by atoms with van der Waals surface area (Å²) < 4.78 is 16.3. The number of carbonyl (C=O) groups excluding carboxylic acids is 1. The van der Waals surface area contributed by atoms with Crippen molar-refractivity contribution in [3.8, 4) is 5.75 Å². The monoisotopic (exact) mass is 466 g/mol. The molecular weight excluding hydrogens is 428 g/mol. The zero-order valence-electron chi connectivity index (χ0n) is 20.9. The van der Waals surface area contributed by atoms with Crippen LogP contribution in [0.4, 0.5) is 0 Å². The highest BCUT2D eigenvalue weighted by Crippen LogP contribution is 2.65. The van der Waals surface area contributed by atoms with Gasteiger partial charge < -0.3 is 24.4 Å². The van der Waals surface area contributed by atoms with Crippen LogP contribution in [-0.2, 0) is 16.1 Å². The first-order valence-corrected chi connectivity index (χ1v) is 12.3. The Kier molecular flexibility index (Phi) is 7.91. The van der Waals surface area contributed by atoms with Crippen molar-refractivity contribution in [1.29, 1.82) is 0 Å². The summed E-state index contributed by atoms with van der Waals surface area (Å²) in [6, 6.07) is 16.6. The van der Waals surface area contributed by atoms with E-state index in [4.69, 9.17) is 14.2 Å². The minimum absolute atomic E-state index is 0.0646. The molecule has 1 saturated heterocycles. The molecule has 2 aromatic rings. The third kappa shape index (κ3) is 5.14. The summed E-state index contributed by atoms with van der Waals surface area (Å²) in [7, 11) is 3.29. The largest absolute Gasteiger partial charge is 0.496 e. The van der Waals surface area contributed by atoms with E-state index in [9.17, 15) is 4.79 Å². The second-order valence-electron chi connectivity index (χ2n) is 9.85. The number of methoxy groups -OCH3 is 2. The quantitative estimate of drug-likeness (QED) is 0.505. The van der Waals surface area contributed by atoms with E-state index in [1.54, 1.807) is 14.2 Å². The Morgan fingerprint density at radius 3 is 2.65 bits per heavy atom. The van der Waals surface area contributed by atoms with Crippen LogP contribution in [0.25, 0.3) is 0 Å². The minimum atomic E-state index is 0.0646. The van der Waals surface area contributed by atoms with E-state index in [2.05, 4.69) is 49.5 Å². The topological polar surface area (TPSA) is 60.0 Å². The molecule has 34 heavy (non-hydrogen) atoms. The fraction of sp³-hybridized carbons (Fsp3) is 0.536. The summed E-state index contributed by atoms with van der Waals surface area (Å²) in [6.45, 7) is 8.37. The van der Waals surface area contributed by atoms with Gasteiger partial charge in [0.05, 0.1) is 26.9 Å². The predicted octanol–water partition coefficient (Wildman–Crippen LogP) is 4.10. The lowest BCUT2D eigenvalue weighted by atomic mass is 9.87. The molecule has 1 amide bonds. The maximum Gasteiger partial charge on any atom is 0.254 e. The molecule has 2 fully saturated rings. The minimum Gasteiger partial charge on any atom is -0.496 e. The normalized spacial score (nSPS) is 23.4. The zero-order chi connectivity index (χ0) is 24.1. The fourth-order valence-electron chi connectivity index (χ4n) is 5.46. The molecular formula is C28H38N2O4. The molecule has 6 nitrogen and oxygen atoms in total. The fourth-order valence-corrected chi connectivity index (χ4v) is 5.46. The SMILES string of the molecule is COCCOCc1cc(C(=O)N(C[C@@H]2CNCC23C[C@@H]3c2ccccc2)C(C)C)ccc1OC. The molecule has 1 spiro atoms. The van der Waals surface area contributed by atoms with Crippen molar-refractivity contribution in [3.63, 3.8) is 0 Å². The van der Waals surface area contributed by atoms with Gasteiger partial charge in [-0.25, -0.2) is 0 Å². The number of ether oxygens (including phenoxy) is 3. The van der Waals surface area contributed by atoms with Gasteiger partial charge >= 0.3 is 0 Å². The van der Waals surface area contributed by atoms with Gasteiger partial charge in [0.15, 0.2) is 0 Å². The Morgan fingerprint density at radius 2 is 1.94 bits per heavy atom. The highest BCUT2D eigenvalue weighted by atomic mass is 16.5. The van der Waals surface area contributed by atoms with Crippen molar-refractivity contribution in [2.45, 2.75) is 38.8 Å². The average molecular weight is 467 g/mol. The standard InChI is InChI=1S/C28H38N2O4/c1-20(2)30(17-24-16-29-19-28(24)15-25(28)21-8-6-5-7-9-21)27(31)22-10-11-26(33-4)23(14-22)18-34-13-12-32-3/h5-11,14,20,24-25,29H,12-13,15-19H2,1-4H3/t24-,25+,28?/m0/s1. The van der Waals surface area contributed by atoms with Crippen molar-refractivity contribution in [2.24, 2.45) is 11.3 Å². The van der Waals surface area contributed by atoms with E-state index in [-0.39, 0.29) is 17.4 Å². The molecule has 1 unspecified atom stereocenters. The number of nitrogens with zero attached hydrogens (tertiary/aromatic N) is 1. The van der Waals surface area contributed by atoms with Gasteiger partial charge in [0.25, 0.3) is 5.91 Å². The van der Waals surface area contributed by atoms with Crippen LogP contribution >= 0.6 is 0 Å². The first-order chi connectivity index (χ1) is 16.5. The maximum absolute atomic E-state index is 13.7. The predicted molar refractivity (Wildman–Crippen MR) is 133 cm³/mol. The first-order valence-electron chi connectivity index (χ1n) is 12.3. The van der Waals surface area contributed by atoms with Gasteiger partial charge in [-0.1, -0.05) is 30.3 Å². The Morgan fingerprint density at radius 1 is 1.15 bits per heavy atom. The smallest absolute Gasteiger partial charge is 0.254 e. The van der Waals surface area contributed by atoms with Gasteiger partial charge in [0, 0.05) is 43.9 Å². The highest BCUT2D eigenvalue weighted by Gasteiger charge is 2.61. The number of amides is 1. The molecule has 1 aliphatic heterocycles. The number of hydrogen-bond donors (Lipinski definition) is 1. The summed E-state index contributed by atoms with van der Waals surface area (Å²) in [6.07, 6.45) is 1.19. The second-order valence-corrected chi connectivity index (χ2v) is 9.85. The Bertz CT molecular complexity index is 964. The van der Waals surface area contributed by atoms with Crippen LogP contribution in [0.3, 0.4) is 0 Å². The Hall–Kier alpha value is -2.41. The lowest BCUT2D eigenvalue weighted by molar-refractivity contribution is 0.0604. The maximum atomic E-state index is 13.7. The third-order valence-corrected chi connectivity index (χ3v) is 7.50. The van der Waals surface area contributed by atoms with Crippen molar-refractivity contribution >= 4 is 5.91 Å². The summed E-state index contributed by atoms with van der Waals surface area (Å²) in [5.41, 5.74) is 3.23. The van der Waals surface area contributed by atoms with Crippen molar-refractivity contribution in [2.75, 3.05) is 47.1 Å². The number of nitrogens with one attached hydrogen (secondary N) is 1. The number of rotatable bonds is 11. The molecule has 4 rings (SSSR count). The number of carbonyl (C=O) groups is 1. The molecule has 1 N–H and O–H groups in total. The molecule has 1 saturated carbocycles. The second kappa shape index (κ2) is 10.9. The van der Waals surface area contributed by atoms with E-state index in [0.29, 0.717) is 37.2 Å². The van der Waals surface area contributed by atoms with E-state index < -0.39 is 0 Å². The van der Waals surface area contributed by atoms with E-state index in [1.165, 1.54) is 12.0 Å². The average Bonchev–Trinajstić information content (AvgIpc) is 3.45. The van der Waals surface area contributed by atoms with E-state index in [1.807, 2.05) is 23.1 Å². The Balaban J connectivity index is 1.49. The van der Waals surface area contributed by atoms with Crippen molar-refractivity contribution in [1.82, 2.24) is 10.2 Å². The van der Waals surface area contributed by atoms with Crippen LogP contribution in [0.5, 0.6) is 5.75 Å². The van der Waals surface area contributed by atoms with E-state index >= 15 is 0 Å². The first kappa shape index (κ1) is 24.7. The molecule has 3 atom stereocenters. The molecule has 2 aromatic carbocycles. The highest BCUT2D eigenvalue weighted by molar-refractivity contribution is 5.94. The van der Waals surface area contributed by atoms with Crippen molar-refractivity contribution in [3.05, 3.63) is 65.2 Å². The van der Waals surface area contributed by atoms with Crippen LogP contribution in [-0.4, -0.2) is 63.9 Å². The number of benzene rings is 2. The summed E-state index contributed by atoms with van der Waals surface area (Å²) in [5, 5.41) is 3.62. The summed E-state index contributed by atoms with van der Waals surface area (Å²) >= 11 is 0. The lowest BCUT2D eigenvalue weighted by Crippen LogP contribution is -2.42. The van der Waals surface area contributed by atoms with Crippen LogP contribution in [0.2, 0.25) is 0 Å². The molecule has 184 valence electrons. The summed E-state index contributed by atoms with van der Waals surface area (Å²) in [5.74, 6) is 1.82. The Labute approximate surface area is 203 Å². The van der Waals surface area contributed by atoms with Crippen LogP contribution < -0.4 is 10.1 Å². The molecule has 1 aliphatic carbocycles. The van der Waals surface area contributed by atoms with Crippen LogP contribution in [0.15, 0.2) is 48.5 Å².